The van der Waals surface area contributed by atoms with E-state index in [1.54, 1.807) is 17.0 Å². The summed E-state index contributed by atoms with van der Waals surface area (Å²) in [5.74, 6) is -0.453. The van der Waals surface area contributed by atoms with E-state index in [0.29, 0.717) is 16.8 Å². The van der Waals surface area contributed by atoms with Gasteiger partial charge in [-0.3, -0.25) is 4.98 Å². The first-order valence-electron chi connectivity index (χ1n) is 7.99. The number of thiazole rings is 1. The lowest BCUT2D eigenvalue weighted by atomic mass is 10.2. The lowest BCUT2D eigenvalue weighted by Gasteiger charge is -2.06. The van der Waals surface area contributed by atoms with Crippen LogP contribution in [0.5, 0.6) is 0 Å². The largest absolute Gasteiger partial charge is 0.424 e. The minimum absolute atomic E-state index is 0.438. The van der Waals surface area contributed by atoms with E-state index in [4.69, 9.17) is 4.42 Å². The molecule has 5 rings (SSSR count). The van der Waals surface area contributed by atoms with Crippen molar-refractivity contribution in [1.29, 1.82) is 0 Å². The van der Waals surface area contributed by atoms with E-state index in [1.165, 1.54) is 11.3 Å². The van der Waals surface area contributed by atoms with Crippen LogP contribution in [0.4, 0.5) is 0 Å². The molecule has 4 aromatic heterocycles. The zero-order valence-electron chi connectivity index (χ0n) is 13.7. The van der Waals surface area contributed by atoms with Crippen molar-refractivity contribution in [3.63, 3.8) is 0 Å². The minimum Gasteiger partial charge on any atom is -0.406 e. The molecule has 0 aliphatic carbocycles. The molecule has 1 aromatic carbocycles. The van der Waals surface area contributed by atoms with Gasteiger partial charge in [-0.1, -0.05) is 18.2 Å². The van der Waals surface area contributed by atoms with Gasteiger partial charge in [0.1, 0.15) is 10.7 Å². The van der Waals surface area contributed by atoms with Crippen LogP contribution >= 0.6 is 11.3 Å². The summed E-state index contributed by atoms with van der Waals surface area (Å²) >= 11 is 1.52. The molecule has 5 aromatic rings. The van der Waals surface area contributed by atoms with Gasteiger partial charge in [-0.2, -0.15) is 0 Å². The fourth-order valence-corrected chi connectivity index (χ4v) is 3.78. The van der Waals surface area contributed by atoms with Crippen molar-refractivity contribution in [3.05, 3.63) is 70.4 Å². The van der Waals surface area contributed by atoms with E-state index in [2.05, 4.69) is 15.0 Å². The van der Waals surface area contributed by atoms with Crippen LogP contribution in [0.2, 0.25) is 0 Å². The molecule has 0 bridgehead atoms. The Morgan fingerprint density at radius 2 is 2.04 bits per heavy atom. The molecule has 0 saturated heterocycles. The highest BCUT2D eigenvalue weighted by Crippen LogP contribution is 2.27. The summed E-state index contributed by atoms with van der Waals surface area (Å²) in [5.41, 5.74) is 4.29. The Hall–Kier alpha value is -3.32. The van der Waals surface area contributed by atoms with Crippen molar-refractivity contribution in [1.82, 2.24) is 19.5 Å². The van der Waals surface area contributed by atoms with Crippen molar-refractivity contribution < 1.29 is 4.42 Å². The topological polar surface area (TPSA) is 73.8 Å². The van der Waals surface area contributed by atoms with Crippen molar-refractivity contribution in [2.24, 2.45) is 0 Å². The molecule has 0 N–H and O–H groups in total. The molecular formula is C19H12N4O2S. The summed E-state index contributed by atoms with van der Waals surface area (Å²) in [6.07, 6.45) is 3.26. The van der Waals surface area contributed by atoms with Crippen molar-refractivity contribution in [2.75, 3.05) is 0 Å². The third kappa shape index (κ3) is 2.25. The monoisotopic (exact) mass is 360 g/mol. The summed E-state index contributed by atoms with van der Waals surface area (Å²) in [4.78, 5) is 25.8. The zero-order chi connectivity index (χ0) is 17.7. The molecule has 0 aliphatic rings. The average Bonchev–Trinajstić information content (AvgIpc) is 3.23. The maximum absolute atomic E-state index is 12.6. The Morgan fingerprint density at radius 3 is 2.88 bits per heavy atom. The number of fused-ring (bicyclic) bond motifs is 2. The second-order valence-corrected chi connectivity index (χ2v) is 6.74. The first-order chi connectivity index (χ1) is 12.7. The van der Waals surface area contributed by atoms with Crippen LogP contribution in [0, 0.1) is 6.92 Å². The fraction of sp³-hybridized carbons (Fsp3) is 0.0526. The molecule has 6 nitrogen and oxygen atoms in total. The molecule has 0 amide bonds. The van der Waals surface area contributed by atoms with Crippen LogP contribution in [0.15, 0.2) is 63.4 Å². The van der Waals surface area contributed by atoms with Gasteiger partial charge in [0, 0.05) is 22.7 Å². The van der Waals surface area contributed by atoms with Crippen LogP contribution in [-0.2, 0) is 0 Å². The smallest absolute Gasteiger partial charge is 0.406 e. The molecule has 0 spiro atoms. The van der Waals surface area contributed by atoms with E-state index in [-0.39, 0.29) is 0 Å². The summed E-state index contributed by atoms with van der Waals surface area (Å²) in [7, 11) is 0. The van der Waals surface area contributed by atoms with Crippen molar-refractivity contribution in [2.45, 2.75) is 6.92 Å². The molecule has 0 unspecified atom stereocenters. The minimum atomic E-state index is -0.453. The zero-order valence-corrected chi connectivity index (χ0v) is 14.5. The normalized spacial score (nSPS) is 11.4. The molecule has 0 saturated carbocycles. The molecule has 0 atom stereocenters. The Morgan fingerprint density at radius 1 is 1.15 bits per heavy atom. The lowest BCUT2D eigenvalue weighted by Crippen LogP contribution is -2.12. The average molecular weight is 360 g/mol. The van der Waals surface area contributed by atoms with Gasteiger partial charge in [-0.25, -0.2) is 19.3 Å². The number of hydrogen-bond acceptors (Lipinski definition) is 6. The van der Waals surface area contributed by atoms with Crippen LogP contribution in [0.3, 0.4) is 0 Å². The highest BCUT2D eigenvalue weighted by Gasteiger charge is 2.16. The van der Waals surface area contributed by atoms with E-state index in [1.807, 2.05) is 48.7 Å². The van der Waals surface area contributed by atoms with Gasteiger partial charge < -0.3 is 4.42 Å². The Kier molecular flexibility index (Phi) is 3.23. The summed E-state index contributed by atoms with van der Waals surface area (Å²) in [6, 6.07) is 11.3. The second-order valence-electron chi connectivity index (χ2n) is 5.88. The van der Waals surface area contributed by atoms with Gasteiger partial charge >= 0.3 is 5.76 Å². The highest BCUT2D eigenvalue weighted by molar-refractivity contribution is 7.13. The van der Waals surface area contributed by atoms with Crippen LogP contribution < -0.4 is 5.76 Å². The predicted molar refractivity (Wildman–Crippen MR) is 101 cm³/mol. The number of aryl methyl sites for hydroxylation is 1. The predicted octanol–water partition coefficient (Wildman–Crippen LogP) is 3.96. The van der Waals surface area contributed by atoms with Gasteiger partial charge in [0.15, 0.2) is 5.58 Å². The highest BCUT2D eigenvalue weighted by atomic mass is 32.1. The fourth-order valence-electron chi connectivity index (χ4n) is 3.02. The van der Waals surface area contributed by atoms with Gasteiger partial charge in [-0.15, -0.1) is 11.3 Å². The number of aromatic nitrogens is 4. The van der Waals surface area contributed by atoms with Crippen LogP contribution in [-0.4, -0.2) is 19.5 Å². The number of oxazole rings is 1. The van der Waals surface area contributed by atoms with Gasteiger partial charge in [-0.05, 0) is 25.1 Å². The van der Waals surface area contributed by atoms with E-state index in [0.717, 1.165) is 27.3 Å². The number of hydrogen-bond donors (Lipinski definition) is 0. The molecule has 126 valence electrons. The molecule has 0 fully saturated rings. The third-order valence-corrected chi connectivity index (χ3v) is 5.16. The quantitative estimate of drug-likeness (QED) is 0.476. The van der Waals surface area contributed by atoms with Crippen molar-refractivity contribution >= 4 is 33.3 Å². The summed E-state index contributed by atoms with van der Waals surface area (Å²) in [5, 5.41) is 3.66. The van der Waals surface area contributed by atoms with E-state index in [9.17, 15) is 4.79 Å². The summed E-state index contributed by atoms with van der Waals surface area (Å²) < 4.78 is 6.97. The maximum Gasteiger partial charge on any atom is 0.424 e. The van der Waals surface area contributed by atoms with E-state index < -0.39 is 5.76 Å². The lowest BCUT2D eigenvalue weighted by molar-refractivity contribution is 0.540. The first kappa shape index (κ1) is 15.0. The molecule has 0 radical (unpaired) electrons. The Balaban J connectivity index is 1.82. The third-order valence-electron chi connectivity index (χ3n) is 4.17. The number of nitrogens with zero attached hydrogens (tertiary/aromatic N) is 4. The van der Waals surface area contributed by atoms with E-state index >= 15 is 0 Å². The van der Waals surface area contributed by atoms with Crippen LogP contribution in [0.25, 0.3) is 38.4 Å². The number of para-hydroxylation sites is 1. The van der Waals surface area contributed by atoms with Gasteiger partial charge in [0.05, 0.1) is 22.9 Å². The number of pyridine rings is 2. The molecule has 4 heterocycles. The molecule has 7 heteroatoms. The first-order valence-corrected chi connectivity index (χ1v) is 8.87. The standard InChI is InChI=1S/C19H12N4O2S/c1-11-10-26-18(22-11)14-8-16-17(9-21-14)25-19(24)23(16)15-6-7-20-13-5-3-2-4-12(13)15/h2-10H,1H3. The SMILES string of the molecule is Cc1csc(-c2cc3c(cn2)oc(=O)n3-c2ccnc3ccccc23)n1. The maximum atomic E-state index is 12.6. The van der Waals surface area contributed by atoms with Gasteiger partial charge in [0.2, 0.25) is 0 Å². The second kappa shape index (κ2) is 5.60. The number of benzene rings is 1. The Labute approximate surface area is 151 Å². The molecule has 0 aliphatic heterocycles. The number of rotatable bonds is 2. The summed E-state index contributed by atoms with van der Waals surface area (Å²) in [6.45, 7) is 1.94. The molecule has 26 heavy (non-hydrogen) atoms. The van der Waals surface area contributed by atoms with Gasteiger partial charge in [0.25, 0.3) is 0 Å². The Bertz CT molecular complexity index is 1330. The van der Waals surface area contributed by atoms with Crippen molar-refractivity contribution in [3.8, 4) is 16.4 Å². The molecular weight excluding hydrogens is 348 g/mol. The van der Waals surface area contributed by atoms with Crippen LogP contribution in [0.1, 0.15) is 5.69 Å².